The van der Waals surface area contributed by atoms with Crippen LogP contribution in [0.5, 0.6) is 0 Å². The summed E-state index contributed by atoms with van der Waals surface area (Å²) in [4.78, 5) is 19.7. The highest BCUT2D eigenvalue weighted by molar-refractivity contribution is 5.73. The molecule has 4 bridgehead atoms. The lowest BCUT2D eigenvalue weighted by Crippen LogP contribution is -2.29. The minimum atomic E-state index is -5.08. The quantitative estimate of drug-likeness (QED) is 0.644. The van der Waals surface area contributed by atoms with E-state index in [4.69, 9.17) is 20.7 Å². The van der Waals surface area contributed by atoms with Crippen molar-refractivity contribution in [1.82, 2.24) is 0 Å². The monoisotopic (exact) mass is 267 g/mol. The summed E-state index contributed by atoms with van der Waals surface area (Å²) in [6.07, 6.45) is -3.99. The Morgan fingerprint density at radius 1 is 1.11 bits per heavy atom. The molecule has 18 heavy (non-hydrogen) atoms. The second kappa shape index (κ2) is 3.84. The van der Waals surface area contributed by atoms with E-state index < -0.39 is 18.1 Å². The third-order valence-electron chi connectivity index (χ3n) is 4.18. The average molecular weight is 267 g/mol. The van der Waals surface area contributed by atoms with E-state index in [-0.39, 0.29) is 12.0 Å². The summed E-state index contributed by atoms with van der Waals surface area (Å²) in [7, 11) is 0. The molecule has 8 heteroatoms. The zero-order chi connectivity index (χ0) is 13.8. The average Bonchev–Trinajstić information content (AvgIpc) is 2.53. The molecule has 0 saturated heterocycles. The largest absolute Gasteiger partial charge is 0.490 e. The molecule has 4 rings (SSSR count). The lowest BCUT2D eigenvalue weighted by molar-refractivity contribution is -0.192. The standard InChI is InChI=1S/C8H11NO2.C2HF3O2/c9-7-3-1-2-4(5(2)7)6(3)8(10)11;3-2(4,5)1(6)7/h2-7H,1,9H2,(H,10,11);(H,6,7). The predicted molar refractivity (Wildman–Crippen MR) is 51.4 cm³/mol. The van der Waals surface area contributed by atoms with Crippen molar-refractivity contribution in [3.8, 4) is 0 Å². The Bertz CT molecular complexity index is 397. The predicted octanol–water partition coefficient (Wildman–Crippen LogP) is 0.543. The molecule has 0 aromatic carbocycles. The molecule has 6 unspecified atom stereocenters. The number of halogens is 3. The molecule has 6 atom stereocenters. The summed E-state index contributed by atoms with van der Waals surface area (Å²) in [5, 5.41) is 16.0. The van der Waals surface area contributed by atoms with Crippen molar-refractivity contribution < 1.29 is 33.0 Å². The summed E-state index contributed by atoms with van der Waals surface area (Å²) in [5.41, 5.74) is 5.87. The summed E-state index contributed by atoms with van der Waals surface area (Å²) < 4.78 is 31.7. The maximum absolute atomic E-state index is 10.8. The van der Waals surface area contributed by atoms with Crippen LogP contribution in [0.1, 0.15) is 6.42 Å². The maximum atomic E-state index is 10.8. The maximum Gasteiger partial charge on any atom is 0.490 e. The smallest absolute Gasteiger partial charge is 0.481 e. The van der Waals surface area contributed by atoms with Crippen LogP contribution < -0.4 is 5.73 Å². The van der Waals surface area contributed by atoms with Crippen LogP contribution in [0.25, 0.3) is 0 Å². The summed E-state index contributed by atoms with van der Waals surface area (Å²) in [6, 6.07) is 0.214. The fraction of sp³-hybridized carbons (Fsp3) is 0.800. The normalized spacial score (nSPS) is 43.1. The third kappa shape index (κ3) is 1.84. The van der Waals surface area contributed by atoms with Gasteiger partial charge in [0.2, 0.25) is 0 Å². The fourth-order valence-corrected chi connectivity index (χ4v) is 3.57. The van der Waals surface area contributed by atoms with E-state index in [1.165, 1.54) is 0 Å². The molecule has 0 amide bonds. The van der Waals surface area contributed by atoms with Gasteiger partial charge >= 0.3 is 18.1 Å². The highest BCUT2D eigenvalue weighted by Gasteiger charge is 2.74. The van der Waals surface area contributed by atoms with Crippen molar-refractivity contribution in [1.29, 1.82) is 0 Å². The SMILES string of the molecule is NC1C2CC3C1C3C2C(=O)O.O=C(O)C(F)(F)F. The Labute approximate surface area is 99.8 Å². The lowest BCUT2D eigenvalue weighted by atomic mass is 9.96. The highest BCUT2D eigenvalue weighted by atomic mass is 19.4. The highest BCUT2D eigenvalue weighted by Crippen LogP contribution is 2.72. The van der Waals surface area contributed by atoms with E-state index in [1.54, 1.807) is 0 Å². The Hall–Kier alpha value is -1.31. The van der Waals surface area contributed by atoms with E-state index in [0.29, 0.717) is 23.7 Å². The van der Waals surface area contributed by atoms with Crippen molar-refractivity contribution in [2.75, 3.05) is 0 Å². The zero-order valence-electron chi connectivity index (χ0n) is 9.09. The number of carbonyl (C=O) groups is 2. The molecule has 4 aliphatic rings. The number of nitrogens with two attached hydrogens (primary N) is 1. The molecule has 0 spiro atoms. The van der Waals surface area contributed by atoms with Crippen molar-refractivity contribution in [3.63, 3.8) is 0 Å². The van der Waals surface area contributed by atoms with Gasteiger partial charge in [-0.2, -0.15) is 13.2 Å². The number of rotatable bonds is 1. The van der Waals surface area contributed by atoms with Gasteiger partial charge < -0.3 is 15.9 Å². The molecule has 5 nitrogen and oxygen atoms in total. The molecule has 4 N–H and O–H groups in total. The second-order valence-corrected chi connectivity index (χ2v) is 4.96. The van der Waals surface area contributed by atoms with Crippen LogP contribution in [0, 0.1) is 29.6 Å². The summed E-state index contributed by atoms with van der Waals surface area (Å²) in [5.74, 6) is -1.40. The van der Waals surface area contributed by atoms with Gasteiger partial charge in [0, 0.05) is 6.04 Å². The molecular weight excluding hydrogens is 255 g/mol. The topological polar surface area (TPSA) is 101 Å². The number of alkyl halides is 3. The lowest BCUT2D eigenvalue weighted by Gasteiger charge is -2.12. The van der Waals surface area contributed by atoms with Crippen LogP contribution in [-0.4, -0.2) is 34.4 Å². The molecule has 0 aliphatic heterocycles. The molecular formula is C10H12F3NO4. The van der Waals surface area contributed by atoms with E-state index in [9.17, 15) is 18.0 Å². The van der Waals surface area contributed by atoms with Gasteiger partial charge in [0.1, 0.15) is 0 Å². The summed E-state index contributed by atoms with van der Waals surface area (Å²) >= 11 is 0. The number of carboxylic acid groups (broad SMARTS) is 2. The number of carboxylic acids is 2. The van der Waals surface area contributed by atoms with Crippen LogP contribution in [0.3, 0.4) is 0 Å². The first-order chi connectivity index (χ1) is 8.16. The Kier molecular flexibility index (Phi) is 2.80. The first kappa shape index (κ1) is 13.1. The van der Waals surface area contributed by atoms with E-state index in [2.05, 4.69) is 0 Å². The van der Waals surface area contributed by atoms with Crippen LogP contribution in [0.15, 0.2) is 0 Å². The minimum Gasteiger partial charge on any atom is -0.481 e. The van der Waals surface area contributed by atoms with E-state index in [1.807, 2.05) is 0 Å². The molecule has 4 fully saturated rings. The molecule has 0 aromatic heterocycles. The van der Waals surface area contributed by atoms with Gasteiger partial charge in [-0.05, 0) is 30.1 Å². The van der Waals surface area contributed by atoms with Crippen LogP contribution in [0.2, 0.25) is 0 Å². The second-order valence-electron chi connectivity index (χ2n) is 4.96. The van der Waals surface area contributed by atoms with Crippen molar-refractivity contribution in [3.05, 3.63) is 0 Å². The van der Waals surface area contributed by atoms with E-state index in [0.717, 1.165) is 6.42 Å². The molecule has 0 heterocycles. The summed E-state index contributed by atoms with van der Waals surface area (Å²) in [6.45, 7) is 0. The zero-order valence-corrected chi connectivity index (χ0v) is 9.09. The molecule has 102 valence electrons. The minimum absolute atomic E-state index is 0.0833. The first-order valence-corrected chi connectivity index (χ1v) is 5.44. The van der Waals surface area contributed by atoms with Crippen molar-refractivity contribution in [2.45, 2.75) is 18.6 Å². The van der Waals surface area contributed by atoms with Gasteiger partial charge in [0.15, 0.2) is 0 Å². The van der Waals surface area contributed by atoms with E-state index >= 15 is 0 Å². The van der Waals surface area contributed by atoms with Crippen LogP contribution in [-0.2, 0) is 9.59 Å². The molecule has 4 saturated carbocycles. The van der Waals surface area contributed by atoms with Gasteiger partial charge in [0.25, 0.3) is 0 Å². The van der Waals surface area contributed by atoms with Gasteiger partial charge in [-0.25, -0.2) is 4.79 Å². The third-order valence-corrected chi connectivity index (χ3v) is 4.18. The van der Waals surface area contributed by atoms with Crippen LogP contribution >= 0.6 is 0 Å². The molecule has 0 aromatic rings. The van der Waals surface area contributed by atoms with Gasteiger partial charge in [-0.1, -0.05) is 0 Å². The van der Waals surface area contributed by atoms with Crippen molar-refractivity contribution >= 4 is 11.9 Å². The Morgan fingerprint density at radius 2 is 1.61 bits per heavy atom. The number of hydrogen-bond acceptors (Lipinski definition) is 3. The van der Waals surface area contributed by atoms with Gasteiger partial charge in [-0.15, -0.1) is 0 Å². The Morgan fingerprint density at radius 3 is 1.72 bits per heavy atom. The Balaban J connectivity index is 0.000000152. The first-order valence-electron chi connectivity index (χ1n) is 5.44. The van der Waals surface area contributed by atoms with Gasteiger partial charge in [0.05, 0.1) is 5.92 Å². The molecule has 0 radical (unpaired) electrons. The fourth-order valence-electron chi connectivity index (χ4n) is 3.57. The number of aliphatic carboxylic acids is 2. The van der Waals surface area contributed by atoms with Crippen molar-refractivity contribution in [2.24, 2.45) is 35.3 Å². The van der Waals surface area contributed by atoms with Gasteiger partial charge in [-0.3, -0.25) is 4.79 Å². The molecule has 4 aliphatic carbocycles. The number of hydrogen-bond donors (Lipinski definition) is 3. The van der Waals surface area contributed by atoms with Crippen LogP contribution in [0.4, 0.5) is 13.2 Å².